The van der Waals surface area contributed by atoms with Crippen LogP contribution in [0.2, 0.25) is 5.02 Å². The minimum Gasteiger partial charge on any atom is -0.444 e. The Balaban J connectivity index is 1.50. The number of halogens is 4. The number of carbonyl (C=O) groups is 2. The number of imidazole rings is 1. The Hall–Kier alpha value is -3.85. The van der Waals surface area contributed by atoms with E-state index in [4.69, 9.17) is 16.3 Å². The number of amides is 1. The van der Waals surface area contributed by atoms with E-state index in [1.165, 1.54) is 12.1 Å². The average Bonchev–Trinajstić information content (AvgIpc) is 3.29. The molecular formula is C31H31ClF3N3O3. The number of hydrogen-bond acceptors (Lipinski definition) is 4. The van der Waals surface area contributed by atoms with E-state index in [0.717, 1.165) is 39.9 Å². The molecule has 3 aromatic carbocycles. The molecule has 10 heteroatoms. The van der Waals surface area contributed by atoms with Gasteiger partial charge >= 0.3 is 12.3 Å². The molecule has 0 saturated carbocycles. The van der Waals surface area contributed by atoms with E-state index >= 15 is 0 Å². The number of H-pyrrole nitrogens is 1. The fourth-order valence-electron chi connectivity index (χ4n) is 4.35. The van der Waals surface area contributed by atoms with Gasteiger partial charge in [-0.3, -0.25) is 4.79 Å². The fourth-order valence-corrected chi connectivity index (χ4v) is 4.53. The number of hydrogen-bond donors (Lipinski definition) is 2. The van der Waals surface area contributed by atoms with Gasteiger partial charge in [0.1, 0.15) is 11.4 Å². The smallest absolute Gasteiger partial charge is 0.416 e. The van der Waals surface area contributed by atoms with Gasteiger partial charge in [-0.15, -0.1) is 0 Å². The molecule has 0 bridgehead atoms. The van der Waals surface area contributed by atoms with E-state index < -0.39 is 29.5 Å². The number of rotatable bonds is 8. The maximum atomic E-state index is 13.3. The van der Waals surface area contributed by atoms with Gasteiger partial charge in [0, 0.05) is 17.9 Å². The van der Waals surface area contributed by atoms with Crippen molar-refractivity contribution in [3.8, 4) is 11.1 Å². The van der Waals surface area contributed by atoms with Crippen molar-refractivity contribution in [2.45, 2.75) is 64.8 Å². The Morgan fingerprint density at radius 3 is 2.41 bits per heavy atom. The number of Topliss-reactive ketones (excluding diaryl/α,β-unsaturated/α-hetero) is 1. The summed E-state index contributed by atoms with van der Waals surface area (Å²) < 4.78 is 45.0. The van der Waals surface area contributed by atoms with Gasteiger partial charge in [0.25, 0.3) is 0 Å². The van der Waals surface area contributed by atoms with Gasteiger partial charge in [-0.05, 0) is 80.6 Å². The summed E-state index contributed by atoms with van der Waals surface area (Å²) in [5.74, 6) is 0.214. The summed E-state index contributed by atoms with van der Waals surface area (Å²) in [5, 5.41) is 3.22. The molecule has 41 heavy (non-hydrogen) atoms. The number of aromatic amines is 1. The average molecular weight is 586 g/mol. The van der Waals surface area contributed by atoms with Crippen LogP contribution in [-0.2, 0) is 28.5 Å². The van der Waals surface area contributed by atoms with Crippen molar-refractivity contribution in [1.29, 1.82) is 0 Å². The van der Waals surface area contributed by atoms with E-state index in [1.54, 1.807) is 20.8 Å². The number of alkyl halides is 3. The summed E-state index contributed by atoms with van der Waals surface area (Å²) in [7, 11) is 0. The number of benzene rings is 3. The molecule has 1 atom stereocenters. The van der Waals surface area contributed by atoms with E-state index in [9.17, 15) is 22.8 Å². The van der Waals surface area contributed by atoms with Gasteiger partial charge in [0.15, 0.2) is 5.78 Å². The van der Waals surface area contributed by atoms with Crippen LogP contribution in [0.15, 0.2) is 60.7 Å². The number of alkyl carbamates (subject to hydrolysis) is 1. The Kier molecular flexibility index (Phi) is 8.77. The summed E-state index contributed by atoms with van der Waals surface area (Å²) >= 11 is 6.29. The molecule has 0 radical (unpaired) electrons. The number of fused-ring (bicyclic) bond motifs is 1. The van der Waals surface area contributed by atoms with Crippen LogP contribution in [0.5, 0.6) is 0 Å². The predicted molar refractivity (Wildman–Crippen MR) is 153 cm³/mol. The lowest BCUT2D eigenvalue weighted by Gasteiger charge is -2.23. The van der Waals surface area contributed by atoms with E-state index in [-0.39, 0.29) is 30.6 Å². The Morgan fingerprint density at radius 1 is 1.02 bits per heavy atom. The zero-order valence-electron chi connectivity index (χ0n) is 23.2. The van der Waals surface area contributed by atoms with Gasteiger partial charge in [-0.25, -0.2) is 9.78 Å². The quantitative estimate of drug-likeness (QED) is 0.220. The summed E-state index contributed by atoms with van der Waals surface area (Å²) in [6.07, 6.45) is -5.23. The number of carbonyl (C=O) groups excluding carboxylic acids is 2. The third kappa shape index (κ3) is 8.10. The molecule has 1 heterocycles. The monoisotopic (exact) mass is 585 g/mol. The maximum Gasteiger partial charge on any atom is 0.416 e. The van der Waals surface area contributed by atoms with Crippen molar-refractivity contribution in [1.82, 2.24) is 15.3 Å². The van der Waals surface area contributed by atoms with Crippen molar-refractivity contribution in [2.24, 2.45) is 0 Å². The molecule has 0 aliphatic heterocycles. The summed E-state index contributed by atoms with van der Waals surface area (Å²) in [6, 6.07) is 15.2. The van der Waals surface area contributed by atoms with Crippen LogP contribution < -0.4 is 5.32 Å². The first-order valence-corrected chi connectivity index (χ1v) is 13.5. The number of ether oxygens (including phenoxy) is 1. The lowest BCUT2D eigenvalue weighted by Crippen LogP contribution is -2.44. The van der Waals surface area contributed by atoms with Crippen LogP contribution in [0.25, 0.3) is 22.2 Å². The number of nitrogens with zero attached hydrogens (tertiary/aromatic N) is 1. The predicted octanol–water partition coefficient (Wildman–Crippen LogP) is 7.85. The third-order valence-corrected chi connectivity index (χ3v) is 6.83. The Morgan fingerprint density at radius 2 is 1.73 bits per heavy atom. The SMILES string of the molecule is Cc1ccc(-c2ccc3nc(CCC(=O)[C@@H](Cc4cccc(C(F)(F)F)c4)NC(=O)OC(C)(C)C)[nH]c3c2)cc1Cl. The number of nitrogens with one attached hydrogen (secondary N) is 2. The highest BCUT2D eigenvalue weighted by Crippen LogP contribution is 2.30. The van der Waals surface area contributed by atoms with E-state index in [0.29, 0.717) is 10.8 Å². The zero-order chi connectivity index (χ0) is 29.9. The topological polar surface area (TPSA) is 84.1 Å². The van der Waals surface area contributed by atoms with Gasteiger partial charge in [-0.2, -0.15) is 13.2 Å². The molecule has 6 nitrogen and oxygen atoms in total. The molecule has 0 fully saturated rings. The third-order valence-electron chi connectivity index (χ3n) is 6.42. The Labute approximate surface area is 241 Å². The summed E-state index contributed by atoms with van der Waals surface area (Å²) in [6.45, 7) is 6.97. The van der Waals surface area contributed by atoms with Crippen LogP contribution >= 0.6 is 11.6 Å². The standard InChI is InChI=1S/C31H31ClF3N3O3/c1-18-8-9-20(16-23(18)32)21-10-11-24-25(17-21)37-28(36-24)13-12-27(39)26(38-29(40)41-30(2,3)4)15-19-6-5-7-22(14-19)31(33,34)35/h5-11,14,16-17,26H,12-13,15H2,1-4H3,(H,36,37)(H,38,40)/t26-/m1/s1. The van der Waals surface area contributed by atoms with Crippen LogP contribution in [0.3, 0.4) is 0 Å². The first kappa shape index (κ1) is 30.1. The second-order valence-electron chi connectivity index (χ2n) is 10.9. The van der Waals surface area contributed by atoms with Crippen LogP contribution in [0, 0.1) is 6.92 Å². The summed E-state index contributed by atoms with van der Waals surface area (Å²) in [4.78, 5) is 33.6. The molecule has 1 aromatic heterocycles. The zero-order valence-corrected chi connectivity index (χ0v) is 23.9. The van der Waals surface area contributed by atoms with Gasteiger partial charge in [0.05, 0.1) is 22.6 Å². The van der Waals surface area contributed by atoms with E-state index in [2.05, 4.69) is 15.3 Å². The fraction of sp³-hybridized carbons (Fsp3) is 0.323. The van der Waals surface area contributed by atoms with Crippen molar-refractivity contribution < 1.29 is 27.5 Å². The molecule has 216 valence electrons. The molecular weight excluding hydrogens is 555 g/mol. The highest BCUT2D eigenvalue weighted by molar-refractivity contribution is 6.31. The highest BCUT2D eigenvalue weighted by Gasteiger charge is 2.31. The van der Waals surface area contributed by atoms with Crippen molar-refractivity contribution in [2.75, 3.05) is 0 Å². The molecule has 1 amide bonds. The minimum atomic E-state index is -4.53. The minimum absolute atomic E-state index is 0.000322. The molecule has 0 unspecified atom stereocenters. The van der Waals surface area contributed by atoms with Crippen molar-refractivity contribution in [3.63, 3.8) is 0 Å². The van der Waals surface area contributed by atoms with Crippen LogP contribution in [0.1, 0.15) is 49.7 Å². The Bertz CT molecular complexity index is 1570. The van der Waals surface area contributed by atoms with Gasteiger partial charge < -0.3 is 15.0 Å². The number of aromatic nitrogens is 2. The lowest BCUT2D eigenvalue weighted by molar-refractivity contribution is -0.137. The van der Waals surface area contributed by atoms with Crippen LogP contribution in [-0.4, -0.2) is 33.5 Å². The lowest BCUT2D eigenvalue weighted by atomic mass is 9.98. The molecule has 4 rings (SSSR count). The van der Waals surface area contributed by atoms with Crippen molar-refractivity contribution >= 4 is 34.5 Å². The molecule has 0 aliphatic carbocycles. The molecule has 0 spiro atoms. The summed E-state index contributed by atoms with van der Waals surface area (Å²) in [5.41, 5.74) is 3.03. The first-order valence-electron chi connectivity index (χ1n) is 13.1. The normalized spacial score (nSPS) is 12.8. The maximum absolute atomic E-state index is 13.3. The molecule has 4 aromatic rings. The molecule has 0 saturated heterocycles. The van der Waals surface area contributed by atoms with Gasteiger partial charge in [0.2, 0.25) is 0 Å². The van der Waals surface area contributed by atoms with Crippen LogP contribution in [0.4, 0.5) is 18.0 Å². The first-order chi connectivity index (χ1) is 19.2. The number of aryl methyl sites for hydroxylation is 2. The number of ketones is 1. The van der Waals surface area contributed by atoms with Gasteiger partial charge in [-0.1, -0.05) is 48.0 Å². The van der Waals surface area contributed by atoms with E-state index in [1.807, 2.05) is 43.3 Å². The molecule has 2 N–H and O–H groups in total. The largest absolute Gasteiger partial charge is 0.444 e. The molecule has 0 aliphatic rings. The second-order valence-corrected chi connectivity index (χ2v) is 11.4. The second kappa shape index (κ2) is 11.9. The van der Waals surface area contributed by atoms with Crippen molar-refractivity contribution in [3.05, 3.63) is 88.2 Å². The highest BCUT2D eigenvalue weighted by atomic mass is 35.5.